The fraction of sp³-hybridized carbons (Fsp3) is 0.182. The van der Waals surface area contributed by atoms with E-state index >= 15 is 0 Å². The van der Waals surface area contributed by atoms with Crippen molar-refractivity contribution in [3.63, 3.8) is 0 Å². The first kappa shape index (κ1) is 12.0. The van der Waals surface area contributed by atoms with Crippen molar-refractivity contribution in [2.24, 2.45) is 0 Å². The van der Waals surface area contributed by atoms with E-state index in [0.717, 1.165) is 0 Å². The number of rotatable bonds is 2. The van der Waals surface area contributed by atoms with Crippen LogP contribution in [0.3, 0.4) is 0 Å². The van der Waals surface area contributed by atoms with Crippen molar-refractivity contribution in [1.29, 1.82) is 0 Å². The van der Waals surface area contributed by atoms with Gasteiger partial charge in [-0.1, -0.05) is 17.9 Å². The second-order valence-electron chi connectivity index (χ2n) is 1.98. The van der Waals surface area contributed by atoms with E-state index in [2.05, 4.69) is 28.4 Å². The third-order valence-corrected chi connectivity index (χ3v) is 1.02. The van der Waals surface area contributed by atoms with Gasteiger partial charge in [0.1, 0.15) is 0 Å². The quantitative estimate of drug-likeness (QED) is 0.386. The van der Waals surface area contributed by atoms with E-state index in [1.54, 1.807) is 0 Å². The Hall–Kier alpha value is -1.97. The number of methoxy groups -OCH3 is 1. The van der Waals surface area contributed by atoms with E-state index < -0.39 is 5.97 Å². The van der Waals surface area contributed by atoms with Gasteiger partial charge in [0.15, 0.2) is 0 Å². The number of hydrogen-bond acceptors (Lipinski definition) is 3. The molecular weight excluding hydrogens is 180 g/mol. The summed E-state index contributed by atoms with van der Waals surface area (Å²) in [5.74, 6) is 9.63. The summed E-state index contributed by atoms with van der Waals surface area (Å²) < 4.78 is 4.34. The number of carbonyl (C=O) groups is 1. The number of allylic oxidation sites excluding steroid dienone is 2. The molecule has 0 radical (unpaired) electrons. The van der Waals surface area contributed by atoms with Crippen LogP contribution in [-0.2, 0) is 9.53 Å². The maximum atomic E-state index is 10.5. The van der Waals surface area contributed by atoms with E-state index in [1.807, 2.05) is 0 Å². The van der Waals surface area contributed by atoms with Crippen LogP contribution < -0.4 is 0 Å². The molecule has 1 N–H and O–H groups in total. The Kier molecular flexibility index (Phi) is 7.84. The van der Waals surface area contributed by atoms with Crippen LogP contribution in [0.25, 0.3) is 0 Å². The number of aliphatic hydroxyl groups is 1. The summed E-state index contributed by atoms with van der Waals surface area (Å²) in [6.07, 6.45) is 5.56. The molecule has 3 heteroatoms. The van der Waals surface area contributed by atoms with Crippen LogP contribution in [-0.4, -0.2) is 24.8 Å². The highest BCUT2D eigenvalue weighted by molar-refractivity contribution is 5.82. The number of ether oxygens (including phenoxy) is 1. The van der Waals surface area contributed by atoms with E-state index in [0.29, 0.717) is 0 Å². The van der Waals surface area contributed by atoms with Crippen LogP contribution in [0.15, 0.2) is 24.3 Å². The van der Waals surface area contributed by atoms with Crippen LogP contribution in [0.5, 0.6) is 0 Å². The predicted molar refractivity (Wildman–Crippen MR) is 52.9 cm³/mol. The Morgan fingerprint density at radius 1 is 1.36 bits per heavy atom. The first-order valence-corrected chi connectivity index (χ1v) is 3.82. The highest BCUT2D eigenvalue weighted by atomic mass is 16.5. The Bertz CT molecular complexity index is 342. The molecule has 0 amide bonds. The fourth-order valence-corrected chi connectivity index (χ4v) is 0.445. The standard InChI is InChI=1S/C11H10O3/c1-14-11(13)9-7-5-3-2-4-6-8-10-12/h6-9,12H,10H2,1H3. The highest BCUT2D eigenvalue weighted by Gasteiger charge is 1.85. The van der Waals surface area contributed by atoms with Gasteiger partial charge < -0.3 is 9.84 Å². The molecule has 0 rings (SSSR count). The zero-order valence-corrected chi connectivity index (χ0v) is 7.78. The number of carbonyl (C=O) groups excluding carboxylic acids is 1. The lowest BCUT2D eigenvalue weighted by Crippen LogP contribution is -1.92. The Balaban J connectivity index is 3.93. The minimum absolute atomic E-state index is 0.0373. The SMILES string of the molecule is COC(=O)C=CC#CC#CC=CCO. The van der Waals surface area contributed by atoms with Gasteiger partial charge in [0.05, 0.1) is 13.7 Å². The zero-order chi connectivity index (χ0) is 10.6. The summed E-state index contributed by atoms with van der Waals surface area (Å²) in [4.78, 5) is 10.5. The molecule has 0 heterocycles. The van der Waals surface area contributed by atoms with Crippen molar-refractivity contribution in [3.8, 4) is 23.7 Å². The average Bonchev–Trinajstić information content (AvgIpc) is 2.21. The van der Waals surface area contributed by atoms with Crippen molar-refractivity contribution in [2.75, 3.05) is 13.7 Å². The topological polar surface area (TPSA) is 46.5 Å². The molecule has 0 aromatic carbocycles. The largest absolute Gasteiger partial charge is 0.466 e. The van der Waals surface area contributed by atoms with E-state index in [4.69, 9.17) is 5.11 Å². The molecule has 3 nitrogen and oxygen atoms in total. The van der Waals surface area contributed by atoms with Gasteiger partial charge in [-0.3, -0.25) is 0 Å². The summed E-state index contributed by atoms with van der Waals surface area (Å²) in [5.41, 5.74) is 0. The Labute approximate surface area is 83.1 Å². The number of esters is 1. The van der Waals surface area contributed by atoms with E-state index in [1.165, 1.54) is 31.4 Å². The smallest absolute Gasteiger partial charge is 0.331 e. The van der Waals surface area contributed by atoms with Gasteiger partial charge in [-0.2, -0.15) is 0 Å². The van der Waals surface area contributed by atoms with Gasteiger partial charge in [0.2, 0.25) is 0 Å². The maximum absolute atomic E-state index is 10.5. The van der Waals surface area contributed by atoms with Crippen LogP contribution >= 0.6 is 0 Å². The lowest BCUT2D eigenvalue weighted by molar-refractivity contribution is -0.134. The van der Waals surface area contributed by atoms with Crippen LogP contribution in [0, 0.1) is 23.7 Å². The molecule has 0 bridgehead atoms. The summed E-state index contributed by atoms with van der Waals surface area (Å²) in [6.45, 7) is -0.0373. The molecule has 0 atom stereocenters. The summed E-state index contributed by atoms with van der Waals surface area (Å²) in [7, 11) is 1.29. The van der Waals surface area contributed by atoms with Gasteiger partial charge >= 0.3 is 5.97 Å². The summed E-state index contributed by atoms with van der Waals surface area (Å²) in [6, 6.07) is 0. The molecule has 0 saturated heterocycles. The lowest BCUT2D eigenvalue weighted by Gasteiger charge is -1.84. The van der Waals surface area contributed by atoms with Crippen LogP contribution in [0.4, 0.5) is 0 Å². The monoisotopic (exact) mass is 190 g/mol. The molecule has 72 valence electrons. The number of aliphatic hydroxyl groups excluding tert-OH is 1. The minimum atomic E-state index is -0.451. The minimum Gasteiger partial charge on any atom is -0.466 e. The van der Waals surface area contributed by atoms with Crippen molar-refractivity contribution >= 4 is 5.97 Å². The maximum Gasteiger partial charge on any atom is 0.331 e. The molecule has 0 aliphatic carbocycles. The second-order valence-corrected chi connectivity index (χ2v) is 1.98. The second kappa shape index (κ2) is 9.12. The Morgan fingerprint density at radius 2 is 2.00 bits per heavy atom. The fourth-order valence-electron chi connectivity index (χ4n) is 0.445. The van der Waals surface area contributed by atoms with E-state index in [-0.39, 0.29) is 6.61 Å². The normalized spacial score (nSPS) is 9.00. The van der Waals surface area contributed by atoms with Crippen molar-refractivity contribution in [1.82, 2.24) is 0 Å². The van der Waals surface area contributed by atoms with Gasteiger partial charge in [0, 0.05) is 6.08 Å². The predicted octanol–water partition coefficient (Wildman–Crippen LogP) is 0.271. The van der Waals surface area contributed by atoms with Crippen molar-refractivity contribution in [3.05, 3.63) is 24.3 Å². The number of hydrogen-bond donors (Lipinski definition) is 1. The third-order valence-electron chi connectivity index (χ3n) is 1.02. The highest BCUT2D eigenvalue weighted by Crippen LogP contribution is 1.75. The van der Waals surface area contributed by atoms with Crippen molar-refractivity contribution < 1.29 is 14.6 Å². The van der Waals surface area contributed by atoms with Crippen LogP contribution in [0.2, 0.25) is 0 Å². The zero-order valence-electron chi connectivity index (χ0n) is 7.78. The van der Waals surface area contributed by atoms with Gasteiger partial charge in [0.25, 0.3) is 0 Å². The van der Waals surface area contributed by atoms with Gasteiger partial charge in [-0.15, -0.1) is 0 Å². The molecule has 0 fully saturated rings. The van der Waals surface area contributed by atoms with Gasteiger partial charge in [-0.05, 0) is 24.0 Å². The first-order chi connectivity index (χ1) is 6.81. The molecule has 0 saturated carbocycles. The molecule has 0 aliphatic heterocycles. The Morgan fingerprint density at radius 3 is 2.57 bits per heavy atom. The van der Waals surface area contributed by atoms with Crippen molar-refractivity contribution in [2.45, 2.75) is 0 Å². The van der Waals surface area contributed by atoms with E-state index in [9.17, 15) is 4.79 Å². The summed E-state index contributed by atoms with van der Waals surface area (Å²) in [5, 5.41) is 8.34. The summed E-state index contributed by atoms with van der Waals surface area (Å²) >= 11 is 0. The van der Waals surface area contributed by atoms with Gasteiger partial charge in [-0.25, -0.2) is 4.79 Å². The molecule has 0 aromatic heterocycles. The van der Waals surface area contributed by atoms with Crippen LogP contribution in [0.1, 0.15) is 0 Å². The first-order valence-electron chi connectivity index (χ1n) is 3.82. The molecule has 14 heavy (non-hydrogen) atoms. The molecule has 0 aliphatic rings. The molecule has 0 spiro atoms. The average molecular weight is 190 g/mol. The molecule has 0 unspecified atom stereocenters. The molecular formula is C11H10O3. The lowest BCUT2D eigenvalue weighted by atomic mass is 10.4. The third kappa shape index (κ3) is 8.13. The molecule has 0 aromatic rings.